The maximum Gasteiger partial charge on any atom is 0.0367 e. The molecule has 0 aromatic carbocycles. The second-order valence-electron chi connectivity index (χ2n) is 4.44. The van der Waals surface area contributed by atoms with Gasteiger partial charge in [0.05, 0.1) is 0 Å². The van der Waals surface area contributed by atoms with Gasteiger partial charge in [0, 0.05) is 6.04 Å². The van der Waals surface area contributed by atoms with Crippen molar-refractivity contribution in [1.82, 2.24) is 5.32 Å². The van der Waals surface area contributed by atoms with Crippen LogP contribution in [0.25, 0.3) is 0 Å². The van der Waals surface area contributed by atoms with E-state index in [1.807, 2.05) is 0 Å². The lowest BCUT2D eigenvalue weighted by Crippen LogP contribution is -2.39. The first kappa shape index (κ1) is 8.63. The van der Waals surface area contributed by atoms with Crippen LogP contribution in [0.4, 0.5) is 0 Å². The monoisotopic (exact) mass is 153 g/mol. The molecular formula is C10H19N. The Labute approximate surface area is 69.9 Å². The van der Waals surface area contributed by atoms with Crippen LogP contribution in [-0.4, -0.2) is 6.04 Å². The minimum atomic E-state index is 0.379. The van der Waals surface area contributed by atoms with Crippen LogP contribution in [0, 0.1) is 11.3 Å². The van der Waals surface area contributed by atoms with Crippen molar-refractivity contribution in [3.63, 3.8) is 0 Å². The fraction of sp³-hybridized carbons (Fsp3) is 0.800. The van der Waals surface area contributed by atoms with E-state index in [4.69, 9.17) is 0 Å². The first-order chi connectivity index (χ1) is 5.05. The Balaban J connectivity index is 2.61. The predicted molar refractivity (Wildman–Crippen MR) is 49.3 cm³/mol. The molecule has 2 unspecified atom stereocenters. The summed E-state index contributed by atoms with van der Waals surface area (Å²) in [5.74, 6) is 0.731. The third kappa shape index (κ3) is 1.76. The van der Waals surface area contributed by atoms with E-state index in [-0.39, 0.29) is 0 Å². The lowest BCUT2D eigenvalue weighted by Gasteiger charge is -2.32. The van der Waals surface area contributed by atoms with Crippen molar-refractivity contribution in [2.45, 2.75) is 40.2 Å². The molecule has 0 fully saturated rings. The van der Waals surface area contributed by atoms with Gasteiger partial charge in [0.15, 0.2) is 0 Å². The molecule has 1 heterocycles. The van der Waals surface area contributed by atoms with Crippen molar-refractivity contribution in [2.24, 2.45) is 11.3 Å². The fourth-order valence-corrected chi connectivity index (χ4v) is 1.78. The summed E-state index contributed by atoms with van der Waals surface area (Å²) in [5, 5.41) is 3.42. The van der Waals surface area contributed by atoms with E-state index in [1.165, 1.54) is 6.42 Å². The normalized spacial score (nSPS) is 30.5. The molecule has 0 aromatic rings. The van der Waals surface area contributed by atoms with Gasteiger partial charge in [-0.1, -0.05) is 33.8 Å². The smallest absolute Gasteiger partial charge is 0.0367 e. The Morgan fingerprint density at radius 2 is 2.00 bits per heavy atom. The molecule has 1 heteroatoms. The lowest BCUT2D eigenvalue weighted by atomic mass is 9.79. The van der Waals surface area contributed by atoms with Crippen LogP contribution < -0.4 is 5.32 Å². The molecule has 0 saturated heterocycles. The van der Waals surface area contributed by atoms with Gasteiger partial charge in [-0.05, 0) is 24.0 Å². The number of rotatable bonds is 1. The van der Waals surface area contributed by atoms with E-state index in [1.54, 1.807) is 0 Å². The highest BCUT2D eigenvalue weighted by molar-refractivity contribution is 5.05. The van der Waals surface area contributed by atoms with Gasteiger partial charge in [-0.25, -0.2) is 0 Å². The van der Waals surface area contributed by atoms with Crippen LogP contribution in [0.2, 0.25) is 0 Å². The Hall–Kier alpha value is -0.460. The van der Waals surface area contributed by atoms with Gasteiger partial charge in [-0.3, -0.25) is 0 Å². The number of hydrogen-bond acceptors (Lipinski definition) is 1. The topological polar surface area (TPSA) is 12.0 Å². The molecule has 64 valence electrons. The molecule has 0 bridgehead atoms. The van der Waals surface area contributed by atoms with Crippen LogP contribution in [0.3, 0.4) is 0 Å². The molecular weight excluding hydrogens is 134 g/mol. The average Bonchev–Trinajstić information content (AvgIpc) is 2.31. The van der Waals surface area contributed by atoms with E-state index in [0.29, 0.717) is 11.5 Å². The summed E-state index contributed by atoms with van der Waals surface area (Å²) in [6, 6.07) is 0.632. The summed E-state index contributed by atoms with van der Waals surface area (Å²) < 4.78 is 0. The molecule has 0 aromatic heterocycles. The number of nitrogens with one attached hydrogen (secondary N) is 1. The quantitative estimate of drug-likeness (QED) is 0.610. The fourth-order valence-electron chi connectivity index (χ4n) is 1.78. The summed E-state index contributed by atoms with van der Waals surface area (Å²) in [4.78, 5) is 0. The van der Waals surface area contributed by atoms with Crippen LogP contribution >= 0.6 is 0 Å². The SMILES string of the molecule is CCC1C=CNC1C(C)(C)C. The van der Waals surface area contributed by atoms with Gasteiger partial charge < -0.3 is 5.32 Å². The Kier molecular flexibility index (Phi) is 2.26. The van der Waals surface area contributed by atoms with Crippen molar-refractivity contribution in [1.29, 1.82) is 0 Å². The third-order valence-corrected chi connectivity index (χ3v) is 2.45. The van der Waals surface area contributed by atoms with Gasteiger partial charge in [0.25, 0.3) is 0 Å². The Morgan fingerprint density at radius 1 is 1.36 bits per heavy atom. The first-order valence-corrected chi connectivity index (χ1v) is 4.48. The van der Waals surface area contributed by atoms with Crippen molar-refractivity contribution < 1.29 is 0 Å². The van der Waals surface area contributed by atoms with Crippen LogP contribution in [0.5, 0.6) is 0 Å². The molecule has 2 atom stereocenters. The van der Waals surface area contributed by atoms with Gasteiger partial charge in [0.2, 0.25) is 0 Å². The molecule has 0 saturated carbocycles. The molecule has 1 aliphatic rings. The molecule has 1 rings (SSSR count). The van der Waals surface area contributed by atoms with Crippen molar-refractivity contribution in [3.05, 3.63) is 12.3 Å². The zero-order valence-electron chi connectivity index (χ0n) is 8.02. The molecule has 0 spiro atoms. The third-order valence-electron chi connectivity index (χ3n) is 2.45. The molecule has 0 radical (unpaired) electrons. The minimum absolute atomic E-state index is 0.379. The summed E-state index contributed by atoms with van der Waals surface area (Å²) >= 11 is 0. The molecule has 11 heavy (non-hydrogen) atoms. The highest BCUT2D eigenvalue weighted by atomic mass is 14.9. The standard InChI is InChI=1S/C10H19N/c1-5-8-6-7-11-9(8)10(2,3)4/h6-9,11H,5H2,1-4H3. The van der Waals surface area contributed by atoms with E-state index in [0.717, 1.165) is 5.92 Å². The van der Waals surface area contributed by atoms with Crippen LogP contribution in [-0.2, 0) is 0 Å². The first-order valence-electron chi connectivity index (χ1n) is 4.48. The van der Waals surface area contributed by atoms with Crippen molar-refractivity contribution >= 4 is 0 Å². The second-order valence-corrected chi connectivity index (χ2v) is 4.44. The summed E-state index contributed by atoms with van der Waals surface area (Å²) in [7, 11) is 0. The van der Waals surface area contributed by atoms with Crippen LogP contribution in [0.1, 0.15) is 34.1 Å². The van der Waals surface area contributed by atoms with E-state index >= 15 is 0 Å². The number of hydrogen-bond donors (Lipinski definition) is 1. The van der Waals surface area contributed by atoms with E-state index < -0.39 is 0 Å². The highest BCUT2D eigenvalue weighted by Gasteiger charge is 2.31. The molecule has 1 N–H and O–H groups in total. The van der Waals surface area contributed by atoms with Gasteiger partial charge in [-0.2, -0.15) is 0 Å². The largest absolute Gasteiger partial charge is 0.387 e. The van der Waals surface area contributed by atoms with Crippen molar-refractivity contribution in [2.75, 3.05) is 0 Å². The Morgan fingerprint density at radius 3 is 2.36 bits per heavy atom. The molecule has 1 nitrogen and oxygen atoms in total. The lowest BCUT2D eigenvalue weighted by molar-refractivity contribution is 0.247. The van der Waals surface area contributed by atoms with Gasteiger partial charge in [-0.15, -0.1) is 0 Å². The molecule has 1 aliphatic heterocycles. The van der Waals surface area contributed by atoms with Crippen LogP contribution in [0.15, 0.2) is 12.3 Å². The van der Waals surface area contributed by atoms with E-state index in [2.05, 4.69) is 45.3 Å². The zero-order chi connectivity index (χ0) is 8.48. The average molecular weight is 153 g/mol. The van der Waals surface area contributed by atoms with Gasteiger partial charge in [0.1, 0.15) is 0 Å². The maximum atomic E-state index is 3.42. The summed E-state index contributed by atoms with van der Waals surface area (Å²) in [6.07, 6.45) is 5.63. The second kappa shape index (κ2) is 2.88. The molecule has 0 aliphatic carbocycles. The van der Waals surface area contributed by atoms with E-state index in [9.17, 15) is 0 Å². The highest BCUT2D eigenvalue weighted by Crippen LogP contribution is 2.30. The van der Waals surface area contributed by atoms with Crippen molar-refractivity contribution in [3.8, 4) is 0 Å². The maximum absolute atomic E-state index is 3.42. The predicted octanol–water partition coefficient (Wildman–Crippen LogP) is 2.54. The zero-order valence-corrected chi connectivity index (χ0v) is 8.02. The Bertz CT molecular complexity index is 153. The minimum Gasteiger partial charge on any atom is -0.387 e. The van der Waals surface area contributed by atoms with Gasteiger partial charge >= 0.3 is 0 Å². The summed E-state index contributed by atoms with van der Waals surface area (Å²) in [6.45, 7) is 9.13. The molecule has 0 amide bonds. The summed E-state index contributed by atoms with van der Waals surface area (Å²) in [5.41, 5.74) is 0.379.